The fourth-order valence-electron chi connectivity index (χ4n) is 2.24. The number of hydrogen-bond donors (Lipinski definition) is 3. The van der Waals surface area contributed by atoms with Gasteiger partial charge in [0.05, 0.1) is 17.7 Å². The van der Waals surface area contributed by atoms with Crippen LogP contribution >= 0.6 is 0 Å². The molecule has 0 radical (unpaired) electrons. The van der Waals surface area contributed by atoms with Crippen molar-refractivity contribution in [2.45, 2.75) is 25.3 Å². The molecule has 2 rings (SSSR count). The van der Waals surface area contributed by atoms with Gasteiger partial charge in [0, 0.05) is 18.0 Å². The van der Waals surface area contributed by atoms with E-state index < -0.39 is 5.91 Å². The molecular weight excluding hydrogens is 230 g/mol. The highest BCUT2D eigenvalue weighted by atomic mass is 16.5. The number of amides is 1. The van der Waals surface area contributed by atoms with Crippen LogP contribution in [0.25, 0.3) is 0 Å². The summed E-state index contributed by atoms with van der Waals surface area (Å²) < 4.78 is 5.48. The lowest BCUT2D eigenvalue weighted by atomic mass is 9.94. The summed E-state index contributed by atoms with van der Waals surface area (Å²) in [6, 6.07) is 5.05. The number of anilines is 2. The lowest BCUT2D eigenvalue weighted by Crippen LogP contribution is -2.43. The maximum atomic E-state index is 11.4. The van der Waals surface area contributed by atoms with Crippen molar-refractivity contribution in [3.8, 4) is 0 Å². The van der Waals surface area contributed by atoms with Crippen LogP contribution in [-0.2, 0) is 4.74 Å². The van der Waals surface area contributed by atoms with Crippen LogP contribution in [0.2, 0.25) is 0 Å². The predicted octanol–water partition coefficient (Wildman–Crippen LogP) is 1.35. The van der Waals surface area contributed by atoms with Gasteiger partial charge in [-0.1, -0.05) is 0 Å². The number of carbonyl (C=O) groups excluding carboxylic acids is 1. The zero-order valence-electron chi connectivity index (χ0n) is 10.5. The van der Waals surface area contributed by atoms with Gasteiger partial charge in [-0.15, -0.1) is 0 Å². The molecule has 1 aliphatic heterocycles. The summed E-state index contributed by atoms with van der Waals surface area (Å²) >= 11 is 0. The minimum absolute atomic E-state index is 0.184. The molecule has 5 heteroatoms. The Morgan fingerprint density at radius 2 is 2.28 bits per heavy atom. The van der Waals surface area contributed by atoms with Crippen molar-refractivity contribution in [2.24, 2.45) is 5.73 Å². The van der Waals surface area contributed by atoms with Gasteiger partial charge in [-0.3, -0.25) is 4.79 Å². The second kappa shape index (κ2) is 4.86. The Morgan fingerprint density at radius 1 is 1.50 bits per heavy atom. The van der Waals surface area contributed by atoms with Gasteiger partial charge in [0.2, 0.25) is 0 Å². The SMILES string of the molecule is CC1(Nc2cc(N)ccc2C(N)=O)CCCOC1. The molecule has 1 aliphatic rings. The van der Waals surface area contributed by atoms with Crippen LogP contribution in [0.5, 0.6) is 0 Å². The maximum Gasteiger partial charge on any atom is 0.250 e. The van der Waals surface area contributed by atoms with E-state index in [0.717, 1.165) is 19.4 Å². The molecule has 1 heterocycles. The molecule has 5 nitrogen and oxygen atoms in total. The second-order valence-corrected chi connectivity index (χ2v) is 5.01. The van der Waals surface area contributed by atoms with Crippen LogP contribution in [0.4, 0.5) is 11.4 Å². The van der Waals surface area contributed by atoms with Gasteiger partial charge >= 0.3 is 0 Å². The number of benzene rings is 1. The Labute approximate surface area is 106 Å². The first kappa shape index (κ1) is 12.7. The van der Waals surface area contributed by atoms with E-state index in [0.29, 0.717) is 23.5 Å². The average molecular weight is 249 g/mol. The number of nitrogens with one attached hydrogen (secondary N) is 1. The summed E-state index contributed by atoms with van der Waals surface area (Å²) in [5.74, 6) is -0.460. The Bertz CT molecular complexity index is 454. The van der Waals surface area contributed by atoms with Gasteiger partial charge in [0.1, 0.15) is 0 Å². The molecule has 0 spiro atoms. The van der Waals surface area contributed by atoms with Gasteiger partial charge < -0.3 is 21.5 Å². The standard InChI is InChI=1S/C13H19N3O2/c1-13(5-2-6-18-8-13)16-11-7-9(14)3-4-10(11)12(15)17/h3-4,7,16H,2,5-6,8,14H2,1H3,(H2,15,17). The number of nitrogen functional groups attached to an aromatic ring is 1. The summed E-state index contributed by atoms with van der Waals surface area (Å²) in [7, 11) is 0. The number of rotatable bonds is 3. The van der Waals surface area contributed by atoms with Crippen molar-refractivity contribution in [3.05, 3.63) is 23.8 Å². The normalized spacial score (nSPS) is 23.6. The summed E-state index contributed by atoms with van der Waals surface area (Å²) in [6.45, 7) is 3.47. The van der Waals surface area contributed by atoms with Crippen LogP contribution in [-0.4, -0.2) is 24.7 Å². The van der Waals surface area contributed by atoms with Crippen molar-refractivity contribution in [2.75, 3.05) is 24.3 Å². The van der Waals surface area contributed by atoms with Crippen molar-refractivity contribution < 1.29 is 9.53 Å². The van der Waals surface area contributed by atoms with Gasteiger partial charge in [-0.2, -0.15) is 0 Å². The number of carbonyl (C=O) groups is 1. The third-order valence-electron chi connectivity index (χ3n) is 3.18. The van der Waals surface area contributed by atoms with Gasteiger partial charge in [-0.05, 0) is 38.0 Å². The molecule has 5 N–H and O–H groups in total. The molecule has 1 fully saturated rings. The van der Waals surface area contributed by atoms with Crippen LogP contribution in [0.15, 0.2) is 18.2 Å². The van der Waals surface area contributed by atoms with Crippen LogP contribution < -0.4 is 16.8 Å². The van der Waals surface area contributed by atoms with E-state index in [9.17, 15) is 4.79 Å². The minimum Gasteiger partial charge on any atom is -0.399 e. The van der Waals surface area contributed by atoms with Crippen molar-refractivity contribution in [3.63, 3.8) is 0 Å². The first-order chi connectivity index (χ1) is 8.50. The smallest absolute Gasteiger partial charge is 0.250 e. The Kier molecular flexibility index (Phi) is 3.43. The highest BCUT2D eigenvalue weighted by Crippen LogP contribution is 2.27. The van der Waals surface area contributed by atoms with Crippen molar-refractivity contribution >= 4 is 17.3 Å². The zero-order chi connectivity index (χ0) is 13.2. The summed E-state index contributed by atoms with van der Waals surface area (Å²) in [4.78, 5) is 11.4. The Morgan fingerprint density at radius 3 is 2.89 bits per heavy atom. The third-order valence-corrected chi connectivity index (χ3v) is 3.18. The van der Waals surface area contributed by atoms with Crippen molar-refractivity contribution in [1.82, 2.24) is 0 Å². The van der Waals surface area contributed by atoms with E-state index in [1.165, 1.54) is 0 Å². The first-order valence-electron chi connectivity index (χ1n) is 6.05. The lowest BCUT2D eigenvalue weighted by molar-refractivity contribution is 0.0540. The lowest BCUT2D eigenvalue weighted by Gasteiger charge is -2.35. The molecule has 0 bridgehead atoms. The fourth-order valence-corrected chi connectivity index (χ4v) is 2.24. The first-order valence-corrected chi connectivity index (χ1v) is 6.05. The van der Waals surface area contributed by atoms with E-state index in [1.807, 2.05) is 0 Å². The van der Waals surface area contributed by atoms with Gasteiger partial charge in [0.25, 0.3) is 5.91 Å². The summed E-state index contributed by atoms with van der Waals surface area (Å²) in [5.41, 5.74) is 12.7. The second-order valence-electron chi connectivity index (χ2n) is 5.01. The predicted molar refractivity (Wildman–Crippen MR) is 71.5 cm³/mol. The highest BCUT2D eigenvalue weighted by Gasteiger charge is 2.28. The number of ether oxygens (including phenoxy) is 1. The van der Waals surface area contributed by atoms with Gasteiger partial charge in [-0.25, -0.2) is 0 Å². The Balaban J connectivity index is 2.26. The summed E-state index contributed by atoms with van der Waals surface area (Å²) in [5, 5.41) is 3.34. The molecule has 98 valence electrons. The molecule has 0 aliphatic carbocycles. The molecule has 18 heavy (non-hydrogen) atoms. The molecule has 1 unspecified atom stereocenters. The largest absolute Gasteiger partial charge is 0.399 e. The molecule has 1 saturated heterocycles. The zero-order valence-corrected chi connectivity index (χ0v) is 10.5. The number of nitrogens with two attached hydrogens (primary N) is 2. The quantitative estimate of drug-likeness (QED) is 0.705. The van der Waals surface area contributed by atoms with E-state index in [2.05, 4.69) is 12.2 Å². The summed E-state index contributed by atoms with van der Waals surface area (Å²) in [6.07, 6.45) is 1.98. The van der Waals surface area contributed by atoms with E-state index in [4.69, 9.17) is 16.2 Å². The number of primary amides is 1. The molecule has 1 aromatic carbocycles. The third kappa shape index (κ3) is 2.73. The van der Waals surface area contributed by atoms with Crippen LogP contribution in [0.3, 0.4) is 0 Å². The minimum atomic E-state index is -0.460. The van der Waals surface area contributed by atoms with Crippen molar-refractivity contribution in [1.29, 1.82) is 0 Å². The maximum absolute atomic E-state index is 11.4. The molecular formula is C13H19N3O2. The van der Waals surface area contributed by atoms with Gasteiger partial charge in [0.15, 0.2) is 0 Å². The topological polar surface area (TPSA) is 90.4 Å². The molecule has 0 aromatic heterocycles. The van der Waals surface area contributed by atoms with Crippen LogP contribution in [0, 0.1) is 0 Å². The van der Waals surface area contributed by atoms with E-state index in [1.54, 1.807) is 18.2 Å². The highest BCUT2D eigenvalue weighted by molar-refractivity contribution is 5.99. The molecule has 1 atom stereocenters. The molecule has 1 amide bonds. The number of hydrogen-bond acceptors (Lipinski definition) is 4. The van der Waals surface area contributed by atoms with Crippen LogP contribution in [0.1, 0.15) is 30.1 Å². The molecule has 0 saturated carbocycles. The van der Waals surface area contributed by atoms with E-state index >= 15 is 0 Å². The Hall–Kier alpha value is -1.75. The van der Waals surface area contributed by atoms with E-state index in [-0.39, 0.29) is 5.54 Å². The monoisotopic (exact) mass is 249 g/mol. The fraction of sp³-hybridized carbons (Fsp3) is 0.462. The molecule has 1 aromatic rings. The average Bonchev–Trinajstić information content (AvgIpc) is 2.28.